The number of anilines is 1. The Morgan fingerprint density at radius 3 is 2.43 bits per heavy atom. The van der Waals surface area contributed by atoms with Gasteiger partial charge < -0.3 is 20.6 Å². The first-order chi connectivity index (χ1) is 14.2. The highest BCUT2D eigenvalue weighted by molar-refractivity contribution is 6.05. The first-order valence-corrected chi connectivity index (χ1v) is 9.85. The number of phenolic OH excluding ortho intramolecular Hbond substituents is 1. The standard InChI is InChI=1S/C22H25F2N3O3/c1-13(2)27-6-5-14(12-27)11-25-22(30)19-4-3-18(10-20(19)28)26-21(29)15-7-16(23)9-17(24)8-15/h3-4,7-10,13-14,28H,5-6,11-12H2,1-2H3,(H,25,30)(H,26,29). The molecule has 0 aliphatic carbocycles. The summed E-state index contributed by atoms with van der Waals surface area (Å²) in [5.41, 5.74) is 0.0893. The third-order valence-electron chi connectivity index (χ3n) is 5.22. The van der Waals surface area contributed by atoms with Crippen LogP contribution >= 0.6 is 0 Å². The van der Waals surface area contributed by atoms with Crippen molar-refractivity contribution in [2.45, 2.75) is 26.3 Å². The minimum absolute atomic E-state index is 0.0866. The molecule has 1 heterocycles. The van der Waals surface area contributed by atoms with Crippen molar-refractivity contribution < 1.29 is 23.5 Å². The fraction of sp³-hybridized carbons (Fsp3) is 0.364. The van der Waals surface area contributed by atoms with E-state index >= 15 is 0 Å². The van der Waals surface area contributed by atoms with Gasteiger partial charge in [-0.1, -0.05) is 0 Å². The highest BCUT2D eigenvalue weighted by Gasteiger charge is 2.25. The maximum absolute atomic E-state index is 13.3. The van der Waals surface area contributed by atoms with Crippen molar-refractivity contribution in [1.29, 1.82) is 0 Å². The van der Waals surface area contributed by atoms with E-state index in [1.165, 1.54) is 18.2 Å². The second-order valence-electron chi connectivity index (χ2n) is 7.80. The normalized spacial score (nSPS) is 16.6. The smallest absolute Gasteiger partial charge is 0.255 e. The molecule has 2 aromatic rings. The molecule has 1 aliphatic heterocycles. The van der Waals surface area contributed by atoms with Gasteiger partial charge in [-0.05, 0) is 57.0 Å². The second-order valence-corrected chi connectivity index (χ2v) is 7.80. The number of phenols is 1. The summed E-state index contributed by atoms with van der Waals surface area (Å²) in [5.74, 6) is -2.81. The number of nitrogens with zero attached hydrogens (tertiary/aromatic N) is 1. The Bertz CT molecular complexity index is 929. The number of halogens is 2. The minimum atomic E-state index is -0.867. The molecule has 1 aliphatic rings. The molecule has 0 spiro atoms. The van der Waals surface area contributed by atoms with E-state index in [2.05, 4.69) is 29.4 Å². The van der Waals surface area contributed by atoms with Gasteiger partial charge in [0.1, 0.15) is 17.4 Å². The van der Waals surface area contributed by atoms with Crippen molar-refractivity contribution in [3.8, 4) is 5.75 Å². The quantitative estimate of drug-likeness (QED) is 0.673. The molecule has 2 amide bonds. The van der Waals surface area contributed by atoms with Crippen LogP contribution in [0.25, 0.3) is 0 Å². The van der Waals surface area contributed by atoms with Crippen LogP contribution in [0.1, 0.15) is 41.0 Å². The zero-order valence-electron chi connectivity index (χ0n) is 16.9. The molecule has 0 radical (unpaired) electrons. The fourth-order valence-electron chi connectivity index (χ4n) is 3.52. The molecule has 2 aromatic carbocycles. The van der Waals surface area contributed by atoms with Crippen molar-refractivity contribution in [2.75, 3.05) is 25.0 Å². The lowest BCUT2D eigenvalue weighted by Crippen LogP contribution is -2.33. The topological polar surface area (TPSA) is 81.7 Å². The van der Waals surface area contributed by atoms with Crippen LogP contribution in [0.15, 0.2) is 36.4 Å². The Kier molecular flexibility index (Phi) is 6.66. The molecule has 0 bridgehead atoms. The van der Waals surface area contributed by atoms with Gasteiger partial charge in [-0.2, -0.15) is 0 Å². The molecule has 8 heteroatoms. The maximum atomic E-state index is 13.3. The monoisotopic (exact) mass is 417 g/mol. The minimum Gasteiger partial charge on any atom is -0.507 e. The predicted molar refractivity (Wildman–Crippen MR) is 110 cm³/mol. The number of hydrogen-bond donors (Lipinski definition) is 3. The Morgan fingerprint density at radius 2 is 1.83 bits per heavy atom. The molecule has 6 nitrogen and oxygen atoms in total. The molecule has 3 N–H and O–H groups in total. The van der Waals surface area contributed by atoms with Gasteiger partial charge in [0.15, 0.2) is 0 Å². The van der Waals surface area contributed by atoms with Crippen LogP contribution in [0.2, 0.25) is 0 Å². The van der Waals surface area contributed by atoms with E-state index in [4.69, 9.17) is 0 Å². The van der Waals surface area contributed by atoms with Crippen molar-refractivity contribution >= 4 is 17.5 Å². The lowest BCUT2D eigenvalue weighted by atomic mass is 10.1. The summed E-state index contributed by atoms with van der Waals surface area (Å²) in [6.07, 6.45) is 1.01. The van der Waals surface area contributed by atoms with Gasteiger partial charge in [0.25, 0.3) is 11.8 Å². The van der Waals surface area contributed by atoms with Crippen LogP contribution in [0.4, 0.5) is 14.5 Å². The van der Waals surface area contributed by atoms with Gasteiger partial charge in [-0.25, -0.2) is 8.78 Å². The summed E-state index contributed by atoms with van der Waals surface area (Å²) in [7, 11) is 0. The number of nitrogens with one attached hydrogen (secondary N) is 2. The average molecular weight is 417 g/mol. The zero-order valence-corrected chi connectivity index (χ0v) is 16.9. The number of carbonyl (C=O) groups is 2. The summed E-state index contributed by atoms with van der Waals surface area (Å²) in [6.45, 7) is 6.74. The number of benzene rings is 2. The molecule has 1 atom stereocenters. The van der Waals surface area contributed by atoms with Crippen LogP contribution < -0.4 is 10.6 Å². The highest BCUT2D eigenvalue weighted by atomic mass is 19.1. The lowest BCUT2D eigenvalue weighted by Gasteiger charge is -2.20. The third kappa shape index (κ3) is 5.33. The van der Waals surface area contributed by atoms with E-state index < -0.39 is 23.4 Å². The van der Waals surface area contributed by atoms with Crippen LogP contribution in [-0.2, 0) is 0 Å². The van der Waals surface area contributed by atoms with Gasteiger partial charge in [-0.3, -0.25) is 9.59 Å². The van der Waals surface area contributed by atoms with Gasteiger partial charge in [0.2, 0.25) is 0 Å². The Balaban J connectivity index is 1.59. The fourth-order valence-corrected chi connectivity index (χ4v) is 3.52. The lowest BCUT2D eigenvalue weighted by molar-refractivity contribution is 0.0944. The summed E-state index contributed by atoms with van der Waals surface area (Å²) in [5, 5.41) is 15.5. The molecular weight excluding hydrogens is 392 g/mol. The van der Waals surface area contributed by atoms with E-state index in [0.717, 1.165) is 31.6 Å². The maximum Gasteiger partial charge on any atom is 0.255 e. The number of aromatic hydroxyl groups is 1. The predicted octanol–water partition coefficient (Wildman–Crippen LogP) is 3.38. The Hall–Kier alpha value is -3.00. The summed E-state index contributed by atoms with van der Waals surface area (Å²) < 4.78 is 26.5. The molecule has 1 saturated heterocycles. The van der Waals surface area contributed by atoms with E-state index in [1.807, 2.05) is 0 Å². The number of carbonyl (C=O) groups excluding carboxylic acids is 2. The first kappa shape index (κ1) is 21.7. The highest BCUT2D eigenvalue weighted by Crippen LogP contribution is 2.23. The molecule has 1 fully saturated rings. The molecule has 0 aromatic heterocycles. The van der Waals surface area contributed by atoms with E-state index in [9.17, 15) is 23.5 Å². The number of likely N-dealkylation sites (tertiary alicyclic amines) is 1. The van der Waals surface area contributed by atoms with Crippen molar-refractivity contribution in [3.05, 3.63) is 59.2 Å². The molecular formula is C22H25F2N3O3. The average Bonchev–Trinajstić information content (AvgIpc) is 3.15. The van der Waals surface area contributed by atoms with Gasteiger partial charge in [0, 0.05) is 42.5 Å². The first-order valence-electron chi connectivity index (χ1n) is 9.85. The van der Waals surface area contributed by atoms with E-state index in [0.29, 0.717) is 24.6 Å². The third-order valence-corrected chi connectivity index (χ3v) is 5.22. The van der Waals surface area contributed by atoms with Crippen LogP contribution in [-0.4, -0.2) is 47.5 Å². The van der Waals surface area contributed by atoms with E-state index in [-0.39, 0.29) is 22.6 Å². The Labute approximate surface area is 173 Å². The number of hydrogen-bond acceptors (Lipinski definition) is 4. The molecule has 160 valence electrons. The largest absolute Gasteiger partial charge is 0.507 e. The molecule has 1 unspecified atom stereocenters. The SMILES string of the molecule is CC(C)N1CCC(CNC(=O)c2ccc(NC(=O)c3cc(F)cc(F)c3)cc2O)C1. The summed E-state index contributed by atoms with van der Waals surface area (Å²) >= 11 is 0. The number of rotatable bonds is 6. The number of amides is 2. The Morgan fingerprint density at radius 1 is 1.13 bits per heavy atom. The second kappa shape index (κ2) is 9.21. The zero-order chi connectivity index (χ0) is 21.8. The molecule has 3 rings (SSSR count). The van der Waals surface area contributed by atoms with Gasteiger partial charge >= 0.3 is 0 Å². The molecule has 0 saturated carbocycles. The van der Waals surface area contributed by atoms with Crippen LogP contribution in [0.3, 0.4) is 0 Å². The van der Waals surface area contributed by atoms with E-state index in [1.54, 1.807) is 0 Å². The van der Waals surface area contributed by atoms with Gasteiger partial charge in [0.05, 0.1) is 5.56 Å². The van der Waals surface area contributed by atoms with Crippen molar-refractivity contribution in [2.24, 2.45) is 5.92 Å². The summed E-state index contributed by atoms with van der Waals surface area (Å²) in [4.78, 5) is 26.9. The van der Waals surface area contributed by atoms with Crippen LogP contribution in [0, 0.1) is 17.6 Å². The molecule has 30 heavy (non-hydrogen) atoms. The van der Waals surface area contributed by atoms with Crippen molar-refractivity contribution in [3.63, 3.8) is 0 Å². The summed E-state index contributed by atoms with van der Waals surface area (Å²) in [6, 6.07) is 7.01. The van der Waals surface area contributed by atoms with Crippen LogP contribution in [0.5, 0.6) is 5.75 Å². The van der Waals surface area contributed by atoms with Gasteiger partial charge in [-0.15, -0.1) is 0 Å². The van der Waals surface area contributed by atoms with Crippen molar-refractivity contribution in [1.82, 2.24) is 10.2 Å².